The van der Waals surface area contributed by atoms with Crippen LogP contribution >= 0.6 is 0 Å². The van der Waals surface area contributed by atoms with Crippen LogP contribution in [0.4, 0.5) is 10.1 Å². The van der Waals surface area contributed by atoms with Crippen molar-refractivity contribution in [2.24, 2.45) is 0 Å². The molecular formula is C12H13FN2O2. The maximum absolute atomic E-state index is 13.6. The molecule has 1 aliphatic heterocycles. The van der Waals surface area contributed by atoms with Crippen molar-refractivity contribution in [2.45, 2.75) is 13.3 Å². The van der Waals surface area contributed by atoms with Crippen LogP contribution in [-0.4, -0.2) is 29.8 Å². The maximum Gasteiger partial charge on any atom is 0.243 e. The van der Waals surface area contributed by atoms with Gasteiger partial charge in [0.1, 0.15) is 11.6 Å². The van der Waals surface area contributed by atoms with Gasteiger partial charge >= 0.3 is 0 Å². The monoisotopic (exact) mass is 236 g/mol. The Morgan fingerprint density at radius 3 is 2.76 bits per heavy atom. The molecule has 0 N–H and O–H groups in total. The number of anilines is 1. The smallest absolute Gasteiger partial charge is 0.243 e. The van der Waals surface area contributed by atoms with E-state index in [4.69, 9.17) is 0 Å². The zero-order valence-electron chi connectivity index (χ0n) is 9.52. The van der Waals surface area contributed by atoms with Crippen LogP contribution in [0.5, 0.6) is 0 Å². The van der Waals surface area contributed by atoms with Gasteiger partial charge in [-0.15, -0.1) is 0 Å². The van der Waals surface area contributed by atoms with E-state index in [-0.39, 0.29) is 23.9 Å². The van der Waals surface area contributed by atoms with Crippen LogP contribution in [0, 0.1) is 5.82 Å². The van der Waals surface area contributed by atoms with Crippen molar-refractivity contribution in [3.05, 3.63) is 30.1 Å². The van der Waals surface area contributed by atoms with Gasteiger partial charge in [0.15, 0.2) is 0 Å². The first-order chi connectivity index (χ1) is 8.09. The number of nitrogens with zero attached hydrogens (tertiary/aromatic N) is 2. The first-order valence-corrected chi connectivity index (χ1v) is 5.41. The Labute approximate surface area is 98.6 Å². The average molecular weight is 236 g/mol. The Balaban J connectivity index is 2.31. The van der Waals surface area contributed by atoms with Crippen molar-refractivity contribution < 1.29 is 14.0 Å². The van der Waals surface area contributed by atoms with Gasteiger partial charge in [-0.2, -0.15) is 0 Å². The van der Waals surface area contributed by atoms with E-state index in [2.05, 4.69) is 0 Å². The van der Waals surface area contributed by atoms with E-state index in [0.29, 0.717) is 13.0 Å². The van der Waals surface area contributed by atoms with E-state index < -0.39 is 5.82 Å². The third-order valence-corrected chi connectivity index (χ3v) is 2.59. The highest BCUT2D eigenvalue weighted by atomic mass is 19.1. The third-order valence-electron chi connectivity index (χ3n) is 2.59. The van der Waals surface area contributed by atoms with Crippen LogP contribution in [-0.2, 0) is 9.59 Å². The molecule has 2 rings (SSSR count). The molecule has 0 atom stereocenters. The summed E-state index contributed by atoms with van der Waals surface area (Å²) in [5.74, 6) is -0.700. The SMILES string of the molecule is CC(=O)CN1CCC(=O)N1c1ccccc1F. The summed E-state index contributed by atoms with van der Waals surface area (Å²) in [6.45, 7) is 2.02. The summed E-state index contributed by atoms with van der Waals surface area (Å²) in [4.78, 5) is 22.8. The van der Waals surface area contributed by atoms with Gasteiger partial charge in [-0.25, -0.2) is 14.4 Å². The molecular weight excluding hydrogens is 223 g/mol. The van der Waals surface area contributed by atoms with Crippen LogP contribution in [0.15, 0.2) is 24.3 Å². The summed E-state index contributed by atoms with van der Waals surface area (Å²) < 4.78 is 13.6. The van der Waals surface area contributed by atoms with E-state index in [1.165, 1.54) is 24.1 Å². The largest absolute Gasteiger partial charge is 0.298 e. The quantitative estimate of drug-likeness (QED) is 0.795. The minimum Gasteiger partial charge on any atom is -0.298 e. The highest BCUT2D eigenvalue weighted by Crippen LogP contribution is 2.25. The number of amides is 1. The number of para-hydroxylation sites is 1. The summed E-state index contributed by atoms with van der Waals surface area (Å²) >= 11 is 0. The van der Waals surface area contributed by atoms with Crippen LogP contribution in [0.2, 0.25) is 0 Å². The highest BCUT2D eigenvalue weighted by molar-refractivity contribution is 5.95. The van der Waals surface area contributed by atoms with E-state index in [9.17, 15) is 14.0 Å². The fourth-order valence-corrected chi connectivity index (χ4v) is 1.91. The van der Waals surface area contributed by atoms with Crippen molar-refractivity contribution in [2.75, 3.05) is 18.1 Å². The van der Waals surface area contributed by atoms with Gasteiger partial charge < -0.3 is 0 Å². The van der Waals surface area contributed by atoms with Crippen LogP contribution in [0.1, 0.15) is 13.3 Å². The Bertz CT molecular complexity index is 462. The molecule has 1 aromatic carbocycles. The van der Waals surface area contributed by atoms with Crippen LogP contribution in [0.25, 0.3) is 0 Å². The summed E-state index contributed by atoms with van der Waals surface area (Å²) in [5.41, 5.74) is 0.205. The van der Waals surface area contributed by atoms with Crippen LogP contribution in [0.3, 0.4) is 0 Å². The van der Waals surface area contributed by atoms with E-state index in [1.807, 2.05) is 0 Å². The lowest BCUT2D eigenvalue weighted by Crippen LogP contribution is -2.42. The lowest BCUT2D eigenvalue weighted by Gasteiger charge is -2.27. The molecule has 4 nitrogen and oxygen atoms in total. The number of ketones is 1. The first kappa shape index (κ1) is 11.7. The van der Waals surface area contributed by atoms with E-state index in [0.717, 1.165) is 0 Å². The second-order valence-electron chi connectivity index (χ2n) is 4.00. The van der Waals surface area contributed by atoms with Crippen molar-refractivity contribution in [1.82, 2.24) is 5.01 Å². The van der Waals surface area contributed by atoms with Gasteiger partial charge in [0, 0.05) is 13.0 Å². The number of benzene rings is 1. The van der Waals surface area contributed by atoms with Gasteiger partial charge in [-0.1, -0.05) is 12.1 Å². The molecule has 0 aromatic heterocycles. The fourth-order valence-electron chi connectivity index (χ4n) is 1.91. The number of hydrazine groups is 1. The molecule has 5 heteroatoms. The van der Waals surface area contributed by atoms with Gasteiger partial charge in [0.25, 0.3) is 0 Å². The summed E-state index contributed by atoms with van der Waals surface area (Å²) in [7, 11) is 0. The number of hydrogen-bond acceptors (Lipinski definition) is 3. The van der Waals surface area contributed by atoms with Crippen molar-refractivity contribution in [3.63, 3.8) is 0 Å². The van der Waals surface area contributed by atoms with Gasteiger partial charge in [-0.3, -0.25) is 9.59 Å². The van der Waals surface area contributed by atoms with Gasteiger partial charge in [0.05, 0.1) is 12.2 Å². The Kier molecular flexibility index (Phi) is 3.19. The lowest BCUT2D eigenvalue weighted by atomic mass is 10.3. The zero-order valence-corrected chi connectivity index (χ0v) is 9.52. The van der Waals surface area contributed by atoms with Crippen molar-refractivity contribution >= 4 is 17.4 Å². The topological polar surface area (TPSA) is 40.6 Å². The average Bonchev–Trinajstić information content (AvgIpc) is 2.60. The molecule has 1 aromatic rings. The van der Waals surface area contributed by atoms with Crippen LogP contribution < -0.4 is 5.01 Å². The molecule has 0 aliphatic carbocycles. The lowest BCUT2D eigenvalue weighted by molar-refractivity contribution is -0.119. The molecule has 1 aliphatic rings. The van der Waals surface area contributed by atoms with E-state index >= 15 is 0 Å². The molecule has 17 heavy (non-hydrogen) atoms. The Morgan fingerprint density at radius 1 is 1.41 bits per heavy atom. The van der Waals surface area contributed by atoms with E-state index in [1.54, 1.807) is 17.1 Å². The second-order valence-corrected chi connectivity index (χ2v) is 4.00. The number of rotatable bonds is 3. The highest BCUT2D eigenvalue weighted by Gasteiger charge is 2.32. The summed E-state index contributed by atoms with van der Waals surface area (Å²) in [5, 5.41) is 2.83. The minimum absolute atomic E-state index is 0.0546. The summed E-state index contributed by atoms with van der Waals surface area (Å²) in [6, 6.07) is 6.06. The molecule has 1 saturated heterocycles. The number of Topliss-reactive ketones (excluding diaryl/α,β-unsaturated/α-hetero) is 1. The maximum atomic E-state index is 13.6. The predicted molar refractivity (Wildman–Crippen MR) is 60.8 cm³/mol. The molecule has 0 spiro atoms. The van der Waals surface area contributed by atoms with Crippen molar-refractivity contribution in [3.8, 4) is 0 Å². The number of carbonyl (C=O) groups excluding carboxylic acids is 2. The molecule has 0 saturated carbocycles. The molecule has 0 radical (unpaired) electrons. The molecule has 0 bridgehead atoms. The van der Waals surface area contributed by atoms with Gasteiger partial charge in [-0.05, 0) is 19.1 Å². The Morgan fingerprint density at radius 2 is 2.12 bits per heavy atom. The molecule has 90 valence electrons. The Hall–Kier alpha value is -1.75. The second kappa shape index (κ2) is 4.63. The zero-order chi connectivity index (χ0) is 12.4. The first-order valence-electron chi connectivity index (χ1n) is 5.41. The number of hydrogen-bond donors (Lipinski definition) is 0. The molecule has 1 heterocycles. The number of halogens is 1. The van der Waals surface area contributed by atoms with Crippen molar-refractivity contribution in [1.29, 1.82) is 0 Å². The summed E-state index contributed by atoms with van der Waals surface area (Å²) in [6.07, 6.45) is 0.307. The molecule has 1 amide bonds. The number of carbonyl (C=O) groups is 2. The molecule has 1 fully saturated rings. The molecule has 0 unspecified atom stereocenters. The van der Waals surface area contributed by atoms with Gasteiger partial charge in [0.2, 0.25) is 5.91 Å². The fraction of sp³-hybridized carbons (Fsp3) is 0.333. The predicted octanol–water partition coefficient (Wildman–Crippen LogP) is 1.37. The minimum atomic E-state index is -0.462. The standard InChI is InChI=1S/C12H13FN2O2/c1-9(16)8-14-7-6-12(17)15(14)11-5-3-2-4-10(11)13/h2-5H,6-8H2,1H3. The normalized spacial score (nSPS) is 16.6. The third kappa shape index (κ3) is 2.34.